The van der Waals surface area contributed by atoms with E-state index in [4.69, 9.17) is 5.73 Å². The molecule has 23 heavy (non-hydrogen) atoms. The summed E-state index contributed by atoms with van der Waals surface area (Å²) < 4.78 is 0. The Balaban J connectivity index is 0.00000242. The Morgan fingerprint density at radius 2 is 1.87 bits per heavy atom. The number of rotatable bonds is 5. The van der Waals surface area contributed by atoms with Crippen molar-refractivity contribution in [2.24, 2.45) is 5.73 Å². The van der Waals surface area contributed by atoms with Gasteiger partial charge in [0.2, 0.25) is 0 Å². The van der Waals surface area contributed by atoms with Crippen LogP contribution in [0.5, 0.6) is 0 Å². The van der Waals surface area contributed by atoms with Crippen LogP contribution in [0.15, 0.2) is 30.3 Å². The molecule has 0 spiro atoms. The SMILES string of the molecule is Cc1nc(Cc2ccccc2)sc1C(=O)NC(C)(C)CN.Cl.Cl. The molecule has 0 unspecified atom stereocenters. The van der Waals surface area contributed by atoms with Gasteiger partial charge in [0.05, 0.1) is 10.7 Å². The smallest absolute Gasteiger partial charge is 0.263 e. The summed E-state index contributed by atoms with van der Waals surface area (Å²) in [4.78, 5) is 17.5. The molecule has 0 aliphatic carbocycles. The second kappa shape index (κ2) is 9.23. The summed E-state index contributed by atoms with van der Waals surface area (Å²) in [5, 5.41) is 3.90. The highest BCUT2D eigenvalue weighted by molar-refractivity contribution is 7.13. The Labute approximate surface area is 153 Å². The monoisotopic (exact) mass is 375 g/mol. The number of nitrogens with zero attached hydrogens (tertiary/aromatic N) is 1. The van der Waals surface area contributed by atoms with Gasteiger partial charge in [-0.3, -0.25) is 4.79 Å². The van der Waals surface area contributed by atoms with Gasteiger partial charge in [-0.05, 0) is 26.3 Å². The zero-order chi connectivity index (χ0) is 15.5. The van der Waals surface area contributed by atoms with Crippen molar-refractivity contribution in [3.05, 3.63) is 51.5 Å². The fourth-order valence-corrected chi connectivity index (χ4v) is 2.92. The minimum atomic E-state index is -0.410. The van der Waals surface area contributed by atoms with Gasteiger partial charge in [0.1, 0.15) is 4.88 Å². The van der Waals surface area contributed by atoms with Crippen molar-refractivity contribution >= 4 is 42.1 Å². The number of amides is 1. The highest BCUT2D eigenvalue weighted by Gasteiger charge is 2.22. The summed E-state index contributed by atoms with van der Waals surface area (Å²) in [7, 11) is 0. The third-order valence-corrected chi connectivity index (χ3v) is 4.36. The second-order valence-corrected chi connectivity index (χ2v) is 6.81. The molecule has 3 N–H and O–H groups in total. The fraction of sp³-hybridized carbons (Fsp3) is 0.375. The molecule has 1 aromatic heterocycles. The molecule has 4 nitrogen and oxygen atoms in total. The minimum absolute atomic E-state index is 0. The number of hydrogen-bond donors (Lipinski definition) is 2. The summed E-state index contributed by atoms with van der Waals surface area (Å²) in [5.74, 6) is -0.0974. The van der Waals surface area contributed by atoms with Crippen LogP contribution in [0.3, 0.4) is 0 Å². The lowest BCUT2D eigenvalue weighted by Gasteiger charge is -2.23. The van der Waals surface area contributed by atoms with Gasteiger partial charge in [-0.2, -0.15) is 0 Å². The van der Waals surface area contributed by atoms with Crippen molar-refractivity contribution < 1.29 is 4.79 Å². The summed E-state index contributed by atoms with van der Waals surface area (Å²) in [6.07, 6.45) is 0.750. The van der Waals surface area contributed by atoms with Crippen LogP contribution in [-0.4, -0.2) is 23.0 Å². The molecular formula is C16H23Cl2N3OS. The van der Waals surface area contributed by atoms with Gasteiger partial charge in [-0.15, -0.1) is 36.2 Å². The fourth-order valence-electron chi connectivity index (χ4n) is 1.92. The molecule has 1 amide bonds. The highest BCUT2D eigenvalue weighted by atomic mass is 35.5. The number of hydrogen-bond acceptors (Lipinski definition) is 4. The predicted octanol–water partition coefficient (Wildman–Crippen LogP) is 3.35. The first-order valence-corrected chi connectivity index (χ1v) is 7.76. The average Bonchev–Trinajstić information content (AvgIpc) is 2.80. The lowest BCUT2D eigenvalue weighted by Crippen LogP contribution is -2.48. The number of carbonyl (C=O) groups excluding carboxylic acids is 1. The van der Waals surface area contributed by atoms with E-state index >= 15 is 0 Å². The van der Waals surface area contributed by atoms with Gasteiger partial charge in [0.15, 0.2) is 0 Å². The third kappa shape index (κ3) is 6.11. The third-order valence-electron chi connectivity index (χ3n) is 3.21. The van der Waals surface area contributed by atoms with Crippen LogP contribution in [0.1, 0.15) is 39.8 Å². The largest absolute Gasteiger partial charge is 0.345 e. The quantitative estimate of drug-likeness (QED) is 0.841. The molecule has 0 radical (unpaired) electrons. The number of halogens is 2. The number of benzene rings is 1. The zero-order valence-corrected chi connectivity index (χ0v) is 15.9. The first-order valence-electron chi connectivity index (χ1n) is 6.94. The summed E-state index contributed by atoms with van der Waals surface area (Å²) in [5.41, 5.74) is 7.21. The topological polar surface area (TPSA) is 68.0 Å². The van der Waals surface area contributed by atoms with Crippen molar-refractivity contribution in [2.45, 2.75) is 32.7 Å². The number of aromatic nitrogens is 1. The molecule has 0 fully saturated rings. The number of carbonyl (C=O) groups is 1. The Kier molecular flexibility index (Phi) is 8.77. The van der Waals surface area contributed by atoms with Crippen LogP contribution in [-0.2, 0) is 6.42 Å². The summed E-state index contributed by atoms with van der Waals surface area (Å²) in [6.45, 7) is 6.08. The summed E-state index contributed by atoms with van der Waals surface area (Å²) >= 11 is 1.45. The first kappa shape index (κ1) is 21.9. The summed E-state index contributed by atoms with van der Waals surface area (Å²) in [6, 6.07) is 10.1. The Morgan fingerprint density at radius 1 is 1.26 bits per heavy atom. The average molecular weight is 376 g/mol. The van der Waals surface area contributed by atoms with Gasteiger partial charge < -0.3 is 11.1 Å². The standard InChI is InChI=1S/C16H21N3OS.2ClH/c1-11-14(15(20)19-16(2,3)10-17)21-13(18-11)9-12-7-5-4-6-8-12;;/h4-8H,9-10,17H2,1-3H3,(H,19,20);2*1H. The molecule has 1 heterocycles. The molecule has 0 saturated carbocycles. The van der Waals surface area contributed by atoms with E-state index in [1.54, 1.807) is 0 Å². The molecule has 0 aliphatic heterocycles. The van der Waals surface area contributed by atoms with Crippen LogP contribution < -0.4 is 11.1 Å². The maximum atomic E-state index is 12.3. The van der Waals surface area contributed by atoms with E-state index < -0.39 is 5.54 Å². The van der Waals surface area contributed by atoms with Gasteiger partial charge >= 0.3 is 0 Å². The number of nitrogens with one attached hydrogen (secondary N) is 1. The van der Waals surface area contributed by atoms with E-state index in [0.29, 0.717) is 11.4 Å². The lowest BCUT2D eigenvalue weighted by atomic mass is 10.1. The van der Waals surface area contributed by atoms with E-state index in [0.717, 1.165) is 17.1 Å². The number of aryl methyl sites for hydroxylation is 1. The number of nitrogens with two attached hydrogens (primary N) is 1. The first-order chi connectivity index (χ1) is 9.91. The molecule has 128 valence electrons. The van der Waals surface area contributed by atoms with Crippen molar-refractivity contribution in [1.29, 1.82) is 0 Å². The normalized spacial score (nSPS) is 10.4. The Morgan fingerprint density at radius 3 is 2.43 bits per heavy atom. The van der Waals surface area contributed by atoms with E-state index in [1.807, 2.05) is 39.0 Å². The van der Waals surface area contributed by atoms with Crippen molar-refractivity contribution in [1.82, 2.24) is 10.3 Å². The van der Waals surface area contributed by atoms with Crippen molar-refractivity contribution in [3.8, 4) is 0 Å². The molecular weight excluding hydrogens is 353 g/mol. The van der Waals surface area contributed by atoms with Gasteiger partial charge in [-0.1, -0.05) is 30.3 Å². The zero-order valence-electron chi connectivity index (χ0n) is 13.5. The number of thiazole rings is 1. The van der Waals surface area contributed by atoms with Gasteiger partial charge in [0, 0.05) is 18.5 Å². The molecule has 2 aromatic rings. The molecule has 2 rings (SSSR count). The van der Waals surface area contributed by atoms with Crippen molar-refractivity contribution in [2.75, 3.05) is 6.54 Å². The lowest BCUT2D eigenvalue weighted by molar-refractivity contribution is 0.0919. The Bertz CT molecular complexity index is 630. The molecule has 0 atom stereocenters. The maximum Gasteiger partial charge on any atom is 0.263 e. The highest BCUT2D eigenvalue weighted by Crippen LogP contribution is 2.21. The van der Waals surface area contributed by atoms with Crippen LogP contribution in [0.2, 0.25) is 0 Å². The van der Waals surface area contributed by atoms with Crippen LogP contribution >= 0.6 is 36.2 Å². The van der Waals surface area contributed by atoms with Gasteiger partial charge in [0.25, 0.3) is 5.91 Å². The minimum Gasteiger partial charge on any atom is -0.345 e. The molecule has 0 saturated heterocycles. The van der Waals surface area contributed by atoms with Crippen LogP contribution in [0, 0.1) is 6.92 Å². The predicted molar refractivity (Wildman–Crippen MR) is 101 cm³/mol. The van der Waals surface area contributed by atoms with Crippen LogP contribution in [0.25, 0.3) is 0 Å². The van der Waals surface area contributed by atoms with E-state index in [1.165, 1.54) is 16.9 Å². The van der Waals surface area contributed by atoms with Crippen LogP contribution in [0.4, 0.5) is 0 Å². The molecule has 1 aromatic carbocycles. The molecule has 0 aliphatic rings. The Hall–Kier alpha value is -1.14. The van der Waals surface area contributed by atoms with E-state index in [2.05, 4.69) is 22.4 Å². The molecule has 7 heteroatoms. The van der Waals surface area contributed by atoms with E-state index in [-0.39, 0.29) is 30.7 Å². The van der Waals surface area contributed by atoms with Crippen molar-refractivity contribution in [3.63, 3.8) is 0 Å². The maximum absolute atomic E-state index is 12.3. The second-order valence-electron chi connectivity index (χ2n) is 5.73. The van der Waals surface area contributed by atoms with E-state index in [9.17, 15) is 4.79 Å². The van der Waals surface area contributed by atoms with Gasteiger partial charge in [-0.25, -0.2) is 4.98 Å². The molecule has 0 bridgehead atoms.